The lowest BCUT2D eigenvalue weighted by atomic mass is 10.3. The van der Waals surface area contributed by atoms with Crippen molar-refractivity contribution in [1.82, 2.24) is 14.5 Å². The van der Waals surface area contributed by atoms with Gasteiger partial charge < -0.3 is 4.57 Å². The van der Waals surface area contributed by atoms with Crippen LogP contribution in [0.4, 0.5) is 0 Å². The predicted molar refractivity (Wildman–Crippen MR) is 75.3 cm³/mol. The molecule has 1 aromatic carbocycles. The van der Waals surface area contributed by atoms with Crippen molar-refractivity contribution in [3.63, 3.8) is 0 Å². The molecule has 3 rings (SSSR count). The predicted octanol–water partition coefficient (Wildman–Crippen LogP) is 3.20. The second-order valence-corrected chi connectivity index (χ2v) is 4.66. The van der Waals surface area contributed by atoms with Gasteiger partial charge in [-0.25, -0.2) is 9.97 Å². The summed E-state index contributed by atoms with van der Waals surface area (Å²) in [6, 6.07) is 9.61. The number of fused-ring (bicyclic) bond motifs is 2. The Bertz CT molecular complexity index is 774. The number of carbonyl (C=O) groups excluding carboxylic acids is 1. The fourth-order valence-electron chi connectivity index (χ4n) is 2.36. The van der Waals surface area contributed by atoms with Crippen LogP contribution in [0.5, 0.6) is 0 Å². The van der Waals surface area contributed by atoms with E-state index in [2.05, 4.69) is 16.9 Å². The number of rotatable bonds is 3. The summed E-state index contributed by atoms with van der Waals surface area (Å²) in [6.45, 7) is 4.45. The number of aryl methyl sites for hydroxylation is 1. The van der Waals surface area contributed by atoms with Gasteiger partial charge in [0.25, 0.3) is 0 Å². The number of aromatic nitrogens is 3. The Labute approximate surface area is 111 Å². The molecule has 0 amide bonds. The Balaban J connectivity index is 2.37. The van der Waals surface area contributed by atoms with E-state index >= 15 is 0 Å². The molecule has 19 heavy (non-hydrogen) atoms. The highest BCUT2D eigenvalue weighted by atomic mass is 16.1. The van der Waals surface area contributed by atoms with Gasteiger partial charge in [0.05, 0.1) is 16.7 Å². The van der Waals surface area contributed by atoms with Crippen LogP contribution in [0.15, 0.2) is 30.3 Å². The van der Waals surface area contributed by atoms with Crippen LogP contribution in [0.3, 0.4) is 0 Å². The molecule has 96 valence electrons. The van der Waals surface area contributed by atoms with Gasteiger partial charge in [0.1, 0.15) is 5.52 Å². The van der Waals surface area contributed by atoms with Crippen LogP contribution in [0.1, 0.15) is 30.8 Å². The maximum atomic E-state index is 11.7. The molecule has 0 atom stereocenters. The fourth-order valence-corrected chi connectivity index (χ4v) is 2.36. The van der Waals surface area contributed by atoms with Gasteiger partial charge in [0, 0.05) is 13.5 Å². The first-order chi connectivity index (χ1) is 9.20. The lowest BCUT2D eigenvalue weighted by Gasteiger charge is -2.06. The van der Waals surface area contributed by atoms with Gasteiger partial charge in [-0.3, -0.25) is 4.79 Å². The third kappa shape index (κ3) is 1.89. The van der Waals surface area contributed by atoms with Gasteiger partial charge in [-0.15, -0.1) is 0 Å². The summed E-state index contributed by atoms with van der Waals surface area (Å²) in [5.74, 6) is 0.0531. The zero-order valence-corrected chi connectivity index (χ0v) is 11.1. The van der Waals surface area contributed by atoms with Crippen molar-refractivity contribution in [3.8, 4) is 0 Å². The SMILES string of the molecule is CCCn1c(C(C)=O)cc2nc3ccccc3nc21. The average molecular weight is 253 g/mol. The lowest BCUT2D eigenvalue weighted by molar-refractivity contribution is 0.100. The molecule has 0 spiro atoms. The highest BCUT2D eigenvalue weighted by Gasteiger charge is 2.14. The van der Waals surface area contributed by atoms with Crippen molar-refractivity contribution < 1.29 is 4.79 Å². The van der Waals surface area contributed by atoms with Crippen LogP contribution in [0, 0.1) is 0 Å². The summed E-state index contributed by atoms with van der Waals surface area (Å²) in [4.78, 5) is 21.0. The first-order valence-corrected chi connectivity index (χ1v) is 6.47. The van der Waals surface area contributed by atoms with Crippen molar-refractivity contribution in [3.05, 3.63) is 36.0 Å². The molecule has 0 fully saturated rings. The van der Waals surface area contributed by atoms with E-state index in [0.717, 1.165) is 35.2 Å². The number of ketones is 1. The highest BCUT2D eigenvalue weighted by molar-refractivity contribution is 5.98. The minimum absolute atomic E-state index is 0.0531. The summed E-state index contributed by atoms with van der Waals surface area (Å²) in [7, 11) is 0. The van der Waals surface area contributed by atoms with Gasteiger partial charge >= 0.3 is 0 Å². The van der Waals surface area contributed by atoms with Crippen molar-refractivity contribution >= 4 is 28.0 Å². The zero-order valence-electron chi connectivity index (χ0n) is 11.1. The lowest BCUT2D eigenvalue weighted by Crippen LogP contribution is -2.06. The summed E-state index contributed by atoms with van der Waals surface area (Å²) < 4.78 is 1.97. The molecule has 0 bridgehead atoms. The number of hydrogen-bond donors (Lipinski definition) is 0. The number of hydrogen-bond acceptors (Lipinski definition) is 3. The van der Waals surface area contributed by atoms with E-state index in [0.29, 0.717) is 5.69 Å². The molecular weight excluding hydrogens is 238 g/mol. The zero-order chi connectivity index (χ0) is 13.4. The number of para-hydroxylation sites is 2. The van der Waals surface area contributed by atoms with Gasteiger partial charge in [-0.05, 0) is 24.6 Å². The Hall–Kier alpha value is -2.23. The minimum atomic E-state index is 0.0531. The fraction of sp³-hybridized carbons (Fsp3) is 0.267. The first-order valence-electron chi connectivity index (χ1n) is 6.47. The summed E-state index contributed by atoms with van der Waals surface area (Å²) >= 11 is 0. The van der Waals surface area contributed by atoms with E-state index in [-0.39, 0.29) is 5.78 Å². The standard InChI is InChI=1S/C15H15N3O/c1-3-8-18-14(10(2)19)9-13-15(18)17-12-7-5-4-6-11(12)16-13/h4-7,9H,3,8H2,1-2H3. The van der Waals surface area contributed by atoms with Crippen LogP contribution in [-0.4, -0.2) is 20.3 Å². The largest absolute Gasteiger partial charge is 0.321 e. The summed E-state index contributed by atoms with van der Waals surface area (Å²) in [6.07, 6.45) is 0.957. The number of carbonyl (C=O) groups is 1. The summed E-state index contributed by atoms with van der Waals surface area (Å²) in [5, 5.41) is 0. The molecular formula is C15H15N3O. The number of benzene rings is 1. The molecule has 0 aliphatic carbocycles. The maximum absolute atomic E-state index is 11.7. The molecule has 0 aliphatic heterocycles. The third-order valence-corrected chi connectivity index (χ3v) is 3.21. The van der Waals surface area contributed by atoms with Gasteiger partial charge in [-0.1, -0.05) is 19.1 Å². The van der Waals surface area contributed by atoms with Crippen LogP contribution in [0.25, 0.3) is 22.2 Å². The molecule has 0 radical (unpaired) electrons. The van der Waals surface area contributed by atoms with Crippen LogP contribution >= 0.6 is 0 Å². The van der Waals surface area contributed by atoms with Crippen molar-refractivity contribution in [2.75, 3.05) is 0 Å². The van der Waals surface area contributed by atoms with E-state index < -0.39 is 0 Å². The molecule has 3 aromatic rings. The average Bonchev–Trinajstić information content (AvgIpc) is 2.75. The van der Waals surface area contributed by atoms with Crippen molar-refractivity contribution in [2.24, 2.45) is 0 Å². The van der Waals surface area contributed by atoms with Crippen molar-refractivity contribution in [1.29, 1.82) is 0 Å². The highest BCUT2D eigenvalue weighted by Crippen LogP contribution is 2.21. The second-order valence-electron chi connectivity index (χ2n) is 4.66. The number of Topliss-reactive ketones (excluding diaryl/α,β-unsaturated/α-hetero) is 1. The Morgan fingerprint density at radius 3 is 2.47 bits per heavy atom. The van der Waals surface area contributed by atoms with E-state index in [1.807, 2.05) is 34.9 Å². The molecule has 0 saturated heterocycles. The molecule has 2 heterocycles. The molecule has 4 nitrogen and oxygen atoms in total. The third-order valence-electron chi connectivity index (χ3n) is 3.21. The molecule has 2 aromatic heterocycles. The first kappa shape index (κ1) is 11.8. The topological polar surface area (TPSA) is 47.8 Å². The number of nitrogens with zero attached hydrogens (tertiary/aromatic N) is 3. The van der Waals surface area contributed by atoms with Crippen molar-refractivity contribution in [2.45, 2.75) is 26.8 Å². The van der Waals surface area contributed by atoms with E-state index in [9.17, 15) is 4.79 Å². The smallest absolute Gasteiger partial charge is 0.176 e. The van der Waals surface area contributed by atoms with Gasteiger partial charge in [0.15, 0.2) is 11.4 Å². The maximum Gasteiger partial charge on any atom is 0.176 e. The Kier molecular flexibility index (Phi) is 2.78. The molecule has 0 unspecified atom stereocenters. The van der Waals surface area contributed by atoms with E-state index in [1.165, 1.54) is 0 Å². The van der Waals surface area contributed by atoms with E-state index in [1.54, 1.807) is 6.92 Å². The van der Waals surface area contributed by atoms with E-state index in [4.69, 9.17) is 0 Å². The quantitative estimate of drug-likeness (QED) is 0.673. The summed E-state index contributed by atoms with van der Waals surface area (Å²) in [5.41, 5.74) is 3.99. The normalized spacial score (nSPS) is 11.3. The monoisotopic (exact) mass is 253 g/mol. The van der Waals surface area contributed by atoms with Gasteiger partial charge in [-0.2, -0.15) is 0 Å². The Morgan fingerprint density at radius 1 is 1.16 bits per heavy atom. The molecule has 0 N–H and O–H groups in total. The van der Waals surface area contributed by atoms with Crippen LogP contribution in [-0.2, 0) is 6.54 Å². The molecule has 0 saturated carbocycles. The van der Waals surface area contributed by atoms with Crippen LogP contribution in [0.2, 0.25) is 0 Å². The Morgan fingerprint density at radius 2 is 1.84 bits per heavy atom. The molecule has 0 aliphatic rings. The van der Waals surface area contributed by atoms with Crippen LogP contribution < -0.4 is 0 Å². The second kappa shape index (κ2) is 4.46. The molecule has 4 heteroatoms. The van der Waals surface area contributed by atoms with Gasteiger partial charge in [0.2, 0.25) is 0 Å². The minimum Gasteiger partial charge on any atom is -0.321 e.